The van der Waals surface area contributed by atoms with E-state index in [0.29, 0.717) is 0 Å². The van der Waals surface area contributed by atoms with Gasteiger partial charge in [0.05, 0.1) is 5.69 Å². The Bertz CT molecular complexity index is 274. The number of aromatic nitrogens is 1. The van der Waals surface area contributed by atoms with Crippen molar-refractivity contribution in [3.8, 4) is 0 Å². The highest BCUT2D eigenvalue weighted by Crippen LogP contribution is 2.32. The minimum absolute atomic E-state index is 0.454. The second-order valence-electron chi connectivity index (χ2n) is 2.01. The SMILES string of the molecule is ONc1cccnc1C(F)(F)F. The number of nitrogens with zero attached hydrogens (tertiary/aromatic N) is 1. The summed E-state index contributed by atoms with van der Waals surface area (Å²) in [5.41, 5.74) is -0.166. The Morgan fingerprint density at radius 3 is 2.50 bits per heavy atom. The third kappa shape index (κ3) is 1.65. The van der Waals surface area contributed by atoms with Crippen LogP contribution in [0.1, 0.15) is 5.69 Å². The van der Waals surface area contributed by atoms with Gasteiger partial charge in [0.25, 0.3) is 0 Å². The number of rotatable bonds is 1. The Morgan fingerprint density at radius 2 is 2.08 bits per heavy atom. The molecule has 0 bridgehead atoms. The van der Waals surface area contributed by atoms with Gasteiger partial charge in [0.1, 0.15) is 0 Å². The molecule has 0 aliphatic rings. The average Bonchev–Trinajstić information content (AvgIpc) is 2.03. The van der Waals surface area contributed by atoms with Crippen LogP contribution in [0.3, 0.4) is 0 Å². The van der Waals surface area contributed by atoms with Crippen LogP contribution in [0.15, 0.2) is 18.3 Å². The van der Waals surface area contributed by atoms with Crippen LogP contribution >= 0.6 is 0 Å². The summed E-state index contributed by atoms with van der Waals surface area (Å²) in [6.45, 7) is 0. The van der Waals surface area contributed by atoms with Crippen LogP contribution in [0.4, 0.5) is 18.9 Å². The predicted molar refractivity (Wildman–Crippen MR) is 34.6 cm³/mol. The number of pyridine rings is 1. The van der Waals surface area contributed by atoms with Gasteiger partial charge in [-0.2, -0.15) is 13.2 Å². The molecule has 0 spiro atoms. The number of hydrogen-bond acceptors (Lipinski definition) is 3. The van der Waals surface area contributed by atoms with E-state index in [4.69, 9.17) is 5.21 Å². The van der Waals surface area contributed by atoms with Crippen molar-refractivity contribution >= 4 is 5.69 Å². The zero-order valence-corrected chi connectivity index (χ0v) is 5.76. The van der Waals surface area contributed by atoms with Gasteiger partial charge in [-0.3, -0.25) is 10.7 Å². The van der Waals surface area contributed by atoms with Crippen LogP contribution in [0.25, 0.3) is 0 Å². The van der Waals surface area contributed by atoms with Crippen molar-refractivity contribution in [1.29, 1.82) is 0 Å². The molecule has 1 heterocycles. The van der Waals surface area contributed by atoms with Crippen LogP contribution in [0.2, 0.25) is 0 Å². The summed E-state index contributed by atoms with van der Waals surface area (Å²) >= 11 is 0. The fourth-order valence-corrected chi connectivity index (χ4v) is 0.721. The molecule has 2 N–H and O–H groups in total. The first-order valence-electron chi connectivity index (χ1n) is 2.98. The fourth-order valence-electron chi connectivity index (χ4n) is 0.721. The van der Waals surface area contributed by atoms with Crippen molar-refractivity contribution in [3.05, 3.63) is 24.0 Å². The quantitative estimate of drug-likeness (QED) is 0.645. The predicted octanol–water partition coefficient (Wildman–Crippen LogP) is 1.90. The maximum Gasteiger partial charge on any atom is 0.435 e. The molecule has 6 heteroatoms. The molecule has 0 radical (unpaired) electrons. The molecule has 0 aliphatic heterocycles. The summed E-state index contributed by atoms with van der Waals surface area (Å²) < 4.78 is 36.1. The van der Waals surface area contributed by atoms with Crippen molar-refractivity contribution in [3.63, 3.8) is 0 Å². The molecule has 1 aromatic rings. The maximum atomic E-state index is 12.0. The average molecular weight is 178 g/mol. The van der Waals surface area contributed by atoms with Crippen LogP contribution in [-0.2, 0) is 6.18 Å². The molecular formula is C6H5F3N2O. The van der Waals surface area contributed by atoms with E-state index in [-0.39, 0.29) is 0 Å². The summed E-state index contributed by atoms with van der Waals surface area (Å²) in [6, 6.07) is 2.36. The molecule has 0 fully saturated rings. The summed E-state index contributed by atoms with van der Waals surface area (Å²) in [6.07, 6.45) is -3.55. The Morgan fingerprint density at radius 1 is 1.42 bits per heavy atom. The normalized spacial score (nSPS) is 11.3. The second kappa shape index (κ2) is 2.98. The lowest BCUT2D eigenvalue weighted by atomic mass is 10.3. The van der Waals surface area contributed by atoms with Gasteiger partial charge >= 0.3 is 6.18 Å². The highest BCUT2D eigenvalue weighted by molar-refractivity contribution is 5.46. The number of anilines is 1. The summed E-state index contributed by atoms with van der Waals surface area (Å²) in [7, 11) is 0. The Labute approximate surface area is 65.8 Å². The van der Waals surface area contributed by atoms with Crippen molar-refractivity contribution in [2.45, 2.75) is 6.18 Å². The van der Waals surface area contributed by atoms with Crippen molar-refractivity contribution < 1.29 is 18.4 Å². The number of halogens is 3. The molecule has 0 amide bonds. The lowest BCUT2D eigenvalue weighted by Gasteiger charge is -2.08. The molecule has 1 rings (SSSR count). The van der Waals surface area contributed by atoms with Crippen molar-refractivity contribution in [2.24, 2.45) is 0 Å². The number of alkyl halides is 3. The van der Waals surface area contributed by atoms with E-state index < -0.39 is 17.6 Å². The monoisotopic (exact) mass is 178 g/mol. The van der Waals surface area contributed by atoms with E-state index in [1.807, 2.05) is 0 Å². The molecule has 0 saturated heterocycles. The van der Waals surface area contributed by atoms with Crippen LogP contribution in [0.5, 0.6) is 0 Å². The first kappa shape index (κ1) is 8.79. The van der Waals surface area contributed by atoms with Gasteiger partial charge in [-0.05, 0) is 12.1 Å². The highest BCUT2D eigenvalue weighted by Gasteiger charge is 2.35. The van der Waals surface area contributed by atoms with Crippen LogP contribution in [0, 0.1) is 0 Å². The van der Waals surface area contributed by atoms with E-state index in [0.717, 1.165) is 12.3 Å². The molecule has 1 aromatic heterocycles. The molecule has 0 unspecified atom stereocenters. The Hall–Kier alpha value is -1.30. The van der Waals surface area contributed by atoms with Crippen LogP contribution < -0.4 is 5.48 Å². The zero-order valence-electron chi connectivity index (χ0n) is 5.76. The minimum Gasteiger partial charge on any atom is -0.291 e. The van der Waals surface area contributed by atoms with E-state index in [2.05, 4.69) is 4.98 Å². The molecule has 66 valence electrons. The summed E-state index contributed by atoms with van der Waals surface area (Å²) in [5.74, 6) is 0. The van der Waals surface area contributed by atoms with Gasteiger partial charge in [0.2, 0.25) is 0 Å². The molecule has 12 heavy (non-hydrogen) atoms. The smallest absolute Gasteiger partial charge is 0.291 e. The third-order valence-corrected chi connectivity index (χ3v) is 1.20. The molecular weight excluding hydrogens is 173 g/mol. The van der Waals surface area contributed by atoms with Gasteiger partial charge in [0, 0.05) is 6.20 Å². The lowest BCUT2D eigenvalue weighted by molar-refractivity contribution is -0.140. The van der Waals surface area contributed by atoms with Gasteiger partial charge in [-0.1, -0.05) is 0 Å². The molecule has 0 atom stereocenters. The van der Waals surface area contributed by atoms with E-state index in [1.165, 1.54) is 11.5 Å². The Balaban J connectivity index is 3.14. The molecule has 0 aromatic carbocycles. The van der Waals surface area contributed by atoms with Crippen LogP contribution in [-0.4, -0.2) is 10.2 Å². The van der Waals surface area contributed by atoms with Gasteiger partial charge in [0.15, 0.2) is 5.69 Å². The fraction of sp³-hybridized carbons (Fsp3) is 0.167. The summed E-state index contributed by atoms with van der Waals surface area (Å²) in [5, 5.41) is 8.29. The summed E-state index contributed by atoms with van der Waals surface area (Å²) in [4.78, 5) is 3.07. The van der Waals surface area contributed by atoms with Gasteiger partial charge in [-0.15, -0.1) is 0 Å². The first-order valence-corrected chi connectivity index (χ1v) is 2.98. The number of nitrogens with one attached hydrogen (secondary N) is 1. The lowest BCUT2D eigenvalue weighted by Crippen LogP contribution is -2.11. The van der Waals surface area contributed by atoms with E-state index in [1.54, 1.807) is 0 Å². The first-order chi connectivity index (χ1) is 5.55. The molecule has 0 saturated carbocycles. The van der Waals surface area contributed by atoms with Gasteiger partial charge in [-0.25, -0.2) is 4.98 Å². The number of hydrogen-bond donors (Lipinski definition) is 2. The van der Waals surface area contributed by atoms with Gasteiger partial charge < -0.3 is 0 Å². The van der Waals surface area contributed by atoms with E-state index in [9.17, 15) is 13.2 Å². The highest BCUT2D eigenvalue weighted by atomic mass is 19.4. The Kier molecular flexibility index (Phi) is 2.18. The molecule has 3 nitrogen and oxygen atoms in total. The van der Waals surface area contributed by atoms with Crippen molar-refractivity contribution in [1.82, 2.24) is 4.98 Å². The second-order valence-corrected chi connectivity index (χ2v) is 2.01. The minimum atomic E-state index is -4.55. The standard InChI is InChI=1S/C6H5F3N2O/c7-6(8,9)5-4(11-12)2-1-3-10-5/h1-3,11-12H. The topological polar surface area (TPSA) is 45.1 Å². The molecule has 0 aliphatic carbocycles. The zero-order chi connectivity index (χ0) is 9.19. The third-order valence-electron chi connectivity index (χ3n) is 1.20. The van der Waals surface area contributed by atoms with E-state index >= 15 is 0 Å². The van der Waals surface area contributed by atoms with Crippen molar-refractivity contribution in [2.75, 3.05) is 5.48 Å². The maximum absolute atomic E-state index is 12.0. The largest absolute Gasteiger partial charge is 0.435 e.